The first-order chi connectivity index (χ1) is 32.9. The Morgan fingerprint density at radius 3 is 1.43 bits per heavy atom. The number of carbonyl (C=O) groups is 12. The van der Waals surface area contributed by atoms with Crippen molar-refractivity contribution in [1.82, 2.24) is 36.9 Å². The molecule has 1 aromatic heterocycles. The van der Waals surface area contributed by atoms with Crippen LogP contribution in [0, 0.1) is 0 Å². The van der Waals surface area contributed by atoms with Gasteiger partial charge in [-0.15, -0.1) is 0 Å². The smallest absolute Gasteiger partial charge is 0.326 e. The van der Waals surface area contributed by atoms with Crippen LogP contribution in [0.2, 0.25) is 0 Å². The van der Waals surface area contributed by atoms with Crippen molar-refractivity contribution in [3.63, 3.8) is 0 Å². The van der Waals surface area contributed by atoms with Crippen molar-refractivity contribution in [2.45, 2.75) is 119 Å². The number of rotatable bonds is 33. The highest BCUT2D eigenvalue weighted by Gasteiger charge is 2.35. The third-order valence-electron chi connectivity index (χ3n) is 10.1. The van der Waals surface area contributed by atoms with E-state index in [0.717, 1.165) is 0 Å². The van der Waals surface area contributed by atoms with Gasteiger partial charge in [-0.05, 0) is 50.2 Å². The fourth-order valence-corrected chi connectivity index (χ4v) is 6.53. The van der Waals surface area contributed by atoms with Gasteiger partial charge in [0, 0.05) is 55.7 Å². The van der Waals surface area contributed by atoms with E-state index in [0.29, 0.717) is 16.5 Å². The van der Waals surface area contributed by atoms with Crippen molar-refractivity contribution in [3.8, 4) is 0 Å². The Morgan fingerprint density at radius 2 is 0.929 bits per heavy atom. The second-order valence-corrected chi connectivity index (χ2v) is 15.7. The zero-order valence-corrected chi connectivity index (χ0v) is 37.4. The third-order valence-corrected chi connectivity index (χ3v) is 10.1. The fraction of sp³-hybridized carbons (Fsp3) is 0.488. The lowest BCUT2D eigenvalue weighted by molar-refractivity contribution is -0.144. The SMILES string of the molecule is NC(N)=NCCC[C@H](NC(=O)[C@H](CC(=O)O)NC(=O)[C@H](Cc1c[nH]c2ccccc12)NC(=O)[C@H](CCC(=O)O)NC(=O)[C@H](CCC(=O)O)NC(=O)[C@@H](N)CCC(=O)O)C(=O)N[C@@H](CCC(=O)O)C(=O)O. The van der Waals surface area contributed by atoms with Crippen LogP contribution in [0.3, 0.4) is 0 Å². The molecule has 384 valence electrons. The first-order valence-corrected chi connectivity index (χ1v) is 21.4. The first kappa shape index (κ1) is 57.8. The molecule has 0 bridgehead atoms. The van der Waals surface area contributed by atoms with Gasteiger partial charge in [0.05, 0.1) is 12.5 Å². The molecule has 0 aliphatic carbocycles. The summed E-state index contributed by atoms with van der Waals surface area (Å²) >= 11 is 0. The number of nitrogens with one attached hydrogen (secondary N) is 7. The summed E-state index contributed by atoms with van der Waals surface area (Å²) in [6, 6.07) is -5.63. The average Bonchev–Trinajstić information content (AvgIpc) is 3.68. The van der Waals surface area contributed by atoms with Gasteiger partial charge in [0.25, 0.3) is 0 Å². The number of aliphatic carboxylic acids is 6. The number of H-pyrrole nitrogens is 1. The molecule has 0 fully saturated rings. The standard InChI is InChI=1S/C41H57N11O18/c42-21(7-11-29(53)54)34(63)47-24(8-12-30(55)56)36(65)49-25(9-13-31(57)58)37(66)51-27(16-19-18-46-22-5-2-1-4-20(19)22)38(67)52-28(17-33(61)62)39(68)48-23(6-3-15-45-41(43)44)35(64)50-26(40(69)70)10-14-32(59)60/h1-2,4-5,18,21,23-28,46H,3,6-17,42H2,(H,47,63)(H,48,68)(H,49,65)(H,50,64)(H,51,66)(H,52,67)(H,53,54)(H,55,56)(H,57,58)(H,59,60)(H,61,62)(H,69,70)(H4,43,44,45)/t21-,23-,24-,25-,26-,27-,28-/m0/s1. The van der Waals surface area contributed by atoms with Crippen molar-refractivity contribution in [2.75, 3.05) is 6.54 Å². The Bertz CT molecular complexity index is 2280. The molecule has 0 aliphatic heterocycles. The van der Waals surface area contributed by atoms with E-state index in [9.17, 15) is 78.0 Å². The molecule has 0 radical (unpaired) electrons. The molecule has 6 amide bonds. The van der Waals surface area contributed by atoms with Crippen molar-refractivity contribution >= 4 is 88.1 Å². The highest BCUT2D eigenvalue weighted by molar-refractivity contribution is 5.98. The van der Waals surface area contributed by atoms with E-state index in [1.54, 1.807) is 24.3 Å². The summed E-state index contributed by atoms with van der Waals surface area (Å²) in [7, 11) is 0. The number of carboxylic acid groups (broad SMARTS) is 6. The van der Waals surface area contributed by atoms with Crippen molar-refractivity contribution < 1.29 is 88.2 Å². The summed E-state index contributed by atoms with van der Waals surface area (Å²) < 4.78 is 0. The maximum atomic E-state index is 14.3. The lowest BCUT2D eigenvalue weighted by Crippen LogP contribution is -2.60. The predicted molar refractivity (Wildman–Crippen MR) is 239 cm³/mol. The van der Waals surface area contributed by atoms with Crippen LogP contribution in [0.15, 0.2) is 35.5 Å². The second-order valence-electron chi connectivity index (χ2n) is 15.7. The van der Waals surface area contributed by atoms with Crippen LogP contribution >= 0.6 is 0 Å². The van der Waals surface area contributed by atoms with E-state index in [1.165, 1.54) is 6.20 Å². The number of aliphatic imine (C=N–C) groups is 1. The van der Waals surface area contributed by atoms with Crippen LogP contribution < -0.4 is 49.1 Å². The van der Waals surface area contributed by atoms with E-state index in [1.807, 2.05) is 0 Å². The van der Waals surface area contributed by atoms with Gasteiger partial charge in [-0.2, -0.15) is 0 Å². The molecule has 0 spiro atoms. The van der Waals surface area contributed by atoms with Crippen LogP contribution in [-0.2, 0) is 64.0 Å². The molecule has 70 heavy (non-hydrogen) atoms. The van der Waals surface area contributed by atoms with Gasteiger partial charge >= 0.3 is 35.8 Å². The molecule has 0 saturated heterocycles. The maximum Gasteiger partial charge on any atom is 0.326 e. The van der Waals surface area contributed by atoms with E-state index in [-0.39, 0.29) is 31.8 Å². The predicted octanol–water partition coefficient (Wildman–Crippen LogP) is -3.98. The summed E-state index contributed by atoms with van der Waals surface area (Å²) in [5.74, 6) is -16.4. The van der Waals surface area contributed by atoms with Gasteiger partial charge in [0.15, 0.2) is 5.96 Å². The summed E-state index contributed by atoms with van der Waals surface area (Å²) in [5.41, 5.74) is 17.4. The summed E-state index contributed by atoms with van der Waals surface area (Å²) in [4.78, 5) is 158. The van der Waals surface area contributed by atoms with Gasteiger partial charge in [-0.3, -0.25) is 57.7 Å². The number of fused-ring (bicyclic) bond motifs is 1. The number of carbonyl (C=O) groups excluding carboxylic acids is 6. The molecule has 1 aromatic carbocycles. The topological polar surface area (TPSA) is 505 Å². The average molecular weight is 992 g/mol. The minimum atomic E-state index is -2.04. The fourth-order valence-electron chi connectivity index (χ4n) is 6.53. The number of amides is 6. The number of hydrogen-bond donors (Lipinski definition) is 16. The minimum absolute atomic E-state index is 0.0373. The van der Waals surface area contributed by atoms with Gasteiger partial charge < -0.3 is 84.7 Å². The molecule has 0 aliphatic rings. The molecule has 1 heterocycles. The van der Waals surface area contributed by atoms with E-state index in [2.05, 4.69) is 41.9 Å². The highest BCUT2D eigenvalue weighted by Crippen LogP contribution is 2.20. The number of benzene rings is 1. The van der Waals surface area contributed by atoms with Gasteiger partial charge in [0.1, 0.15) is 36.3 Å². The molecule has 29 nitrogen and oxygen atoms in total. The largest absolute Gasteiger partial charge is 0.481 e. The van der Waals surface area contributed by atoms with Crippen LogP contribution in [0.4, 0.5) is 0 Å². The molecule has 0 saturated carbocycles. The summed E-state index contributed by atoms with van der Waals surface area (Å²) in [6.45, 7) is -0.109. The molecule has 2 aromatic rings. The Hall–Kier alpha value is -8.37. The van der Waals surface area contributed by atoms with Crippen molar-refractivity contribution in [2.24, 2.45) is 22.2 Å². The molecule has 0 unspecified atom stereocenters. The first-order valence-electron chi connectivity index (χ1n) is 21.4. The minimum Gasteiger partial charge on any atom is -0.481 e. The number of nitrogens with zero attached hydrogens (tertiary/aromatic N) is 1. The Labute approximate surface area is 396 Å². The van der Waals surface area contributed by atoms with Crippen LogP contribution in [0.5, 0.6) is 0 Å². The lowest BCUT2D eigenvalue weighted by Gasteiger charge is -2.27. The number of carboxylic acids is 6. The zero-order chi connectivity index (χ0) is 52.7. The summed E-state index contributed by atoms with van der Waals surface area (Å²) in [5, 5.41) is 70.1. The van der Waals surface area contributed by atoms with E-state index in [4.69, 9.17) is 27.4 Å². The van der Waals surface area contributed by atoms with Gasteiger partial charge in [0.2, 0.25) is 35.4 Å². The van der Waals surface area contributed by atoms with Crippen LogP contribution in [-0.4, -0.2) is 162 Å². The third kappa shape index (κ3) is 21.1. The molecular formula is C41H57N11O18. The number of aromatic amines is 1. The molecule has 19 N–H and O–H groups in total. The lowest BCUT2D eigenvalue weighted by atomic mass is 10.0. The zero-order valence-electron chi connectivity index (χ0n) is 37.4. The molecule has 2 rings (SSSR count). The quantitative estimate of drug-likeness (QED) is 0.0184. The molecule has 29 heteroatoms. The van der Waals surface area contributed by atoms with Crippen molar-refractivity contribution in [1.29, 1.82) is 0 Å². The number of aromatic nitrogens is 1. The number of nitrogens with two attached hydrogens (primary N) is 3. The Kier molecular flexibility index (Phi) is 23.7. The van der Waals surface area contributed by atoms with Gasteiger partial charge in [-0.25, -0.2) is 4.79 Å². The van der Waals surface area contributed by atoms with Crippen LogP contribution in [0.1, 0.15) is 76.2 Å². The number of para-hydroxylation sites is 1. The highest BCUT2D eigenvalue weighted by atomic mass is 16.4. The second kappa shape index (κ2) is 28.7. The van der Waals surface area contributed by atoms with Crippen molar-refractivity contribution in [3.05, 3.63) is 36.0 Å². The number of guanidine groups is 1. The molecule has 7 atom stereocenters. The van der Waals surface area contributed by atoms with Crippen LogP contribution in [0.25, 0.3) is 10.9 Å². The monoisotopic (exact) mass is 991 g/mol. The number of hydrogen-bond acceptors (Lipinski definition) is 14. The van der Waals surface area contributed by atoms with Gasteiger partial charge in [-0.1, -0.05) is 18.2 Å². The Morgan fingerprint density at radius 1 is 0.514 bits per heavy atom. The normalized spacial score (nSPS) is 13.8. The van der Waals surface area contributed by atoms with E-state index < -0.39 is 171 Å². The maximum absolute atomic E-state index is 14.3. The molecular weight excluding hydrogens is 935 g/mol. The Balaban J connectivity index is 2.56. The summed E-state index contributed by atoms with van der Waals surface area (Å²) in [6.07, 6.45) is -5.37. The van der Waals surface area contributed by atoms with E-state index >= 15 is 0 Å².